The molecule has 0 aromatic heterocycles. The van der Waals surface area contributed by atoms with Crippen LogP contribution in [0.1, 0.15) is 20.3 Å². The Kier molecular flexibility index (Phi) is 5.68. The Bertz CT molecular complexity index is 756. The summed E-state index contributed by atoms with van der Waals surface area (Å²) in [6, 6.07) is 3.10. The summed E-state index contributed by atoms with van der Waals surface area (Å²) in [6.45, 7) is 3.51. The average molecular weight is 350 g/mol. The molecule has 1 unspecified atom stereocenters. The number of carbonyl (C=O) groups is 1. The van der Waals surface area contributed by atoms with Gasteiger partial charge in [-0.15, -0.1) is 0 Å². The van der Waals surface area contributed by atoms with E-state index in [-0.39, 0.29) is 22.1 Å². The van der Waals surface area contributed by atoms with E-state index in [0.717, 1.165) is 18.2 Å². The van der Waals surface area contributed by atoms with Crippen molar-refractivity contribution in [2.45, 2.75) is 36.1 Å². The lowest BCUT2D eigenvalue weighted by Crippen LogP contribution is -2.41. The van der Waals surface area contributed by atoms with Gasteiger partial charge in [0.05, 0.1) is 9.79 Å². The highest BCUT2D eigenvalue weighted by Crippen LogP contribution is 2.16. The van der Waals surface area contributed by atoms with Crippen LogP contribution in [0.2, 0.25) is 0 Å². The van der Waals surface area contributed by atoms with Crippen LogP contribution in [0.25, 0.3) is 0 Å². The minimum absolute atomic E-state index is 0.0421. The zero-order valence-corrected chi connectivity index (χ0v) is 13.7. The number of carboxylic acids is 1. The molecule has 1 rings (SSSR count). The molecule has 0 radical (unpaired) electrons. The smallest absolute Gasteiger partial charge is 0.321 e. The standard InChI is InChI=1S/C12H18N2O6S2/c1-8(2)6-11(12(15)16)14-22(19,20)10-5-3-4-9(7-10)21(13,17)18/h3-5,7-8,11,14H,6H2,1-2H3,(H,15,16)(H2,13,17,18). The van der Waals surface area contributed by atoms with Gasteiger partial charge in [-0.05, 0) is 30.5 Å². The van der Waals surface area contributed by atoms with Crippen LogP contribution >= 0.6 is 0 Å². The summed E-state index contributed by atoms with van der Waals surface area (Å²) in [5.74, 6) is -1.35. The van der Waals surface area contributed by atoms with Gasteiger partial charge in [0.25, 0.3) is 0 Å². The van der Waals surface area contributed by atoms with E-state index in [1.54, 1.807) is 13.8 Å². The molecule has 0 spiro atoms. The molecule has 1 aromatic rings. The predicted octanol–water partition coefficient (Wildman–Crippen LogP) is 0.112. The topological polar surface area (TPSA) is 144 Å². The number of sulfonamides is 2. The van der Waals surface area contributed by atoms with E-state index in [1.807, 2.05) is 0 Å². The van der Waals surface area contributed by atoms with Crippen molar-refractivity contribution in [2.24, 2.45) is 11.1 Å². The monoisotopic (exact) mass is 350 g/mol. The first-order valence-electron chi connectivity index (χ1n) is 6.31. The minimum atomic E-state index is -4.18. The van der Waals surface area contributed by atoms with Gasteiger partial charge in [-0.3, -0.25) is 4.79 Å². The minimum Gasteiger partial charge on any atom is -0.480 e. The average Bonchev–Trinajstić information content (AvgIpc) is 2.36. The second kappa shape index (κ2) is 6.73. The zero-order chi connectivity index (χ0) is 17.1. The lowest BCUT2D eigenvalue weighted by molar-refractivity contribution is -0.139. The molecule has 22 heavy (non-hydrogen) atoms. The van der Waals surface area contributed by atoms with Gasteiger partial charge in [-0.1, -0.05) is 19.9 Å². The Hall–Kier alpha value is -1.49. The maximum atomic E-state index is 12.2. The van der Waals surface area contributed by atoms with Gasteiger partial charge in [-0.25, -0.2) is 22.0 Å². The molecule has 0 saturated heterocycles. The first kappa shape index (κ1) is 18.6. The fourth-order valence-corrected chi connectivity index (χ4v) is 3.63. The second-order valence-corrected chi connectivity index (χ2v) is 8.44. The highest BCUT2D eigenvalue weighted by atomic mass is 32.2. The van der Waals surface area contributed by atoms with Gasteiger partial charge in [0.15, 0.2) is 0 Å². The largest absolute Gasteiger partial charge is 0.480 e. The fraction of sp³-hybridized carbons (Fsp3) is 0.417. The van der Waals surface area contributed by atoms with Crippen molar-refractivity contribution >= 4 is 26.0 Å². The first-order valence-corrected chi connectivity index (χ1v) is 9.34. The number of aliphatic carboxylic acids is 1. The molecule has 0 aliphatic heterocycles. The summed E-state index contributed by atoms with van der Waals surface area (Å²) >= 11 is 0. The molecular weight excluding hydrogens is 332 g/mol. The Balaban J connectivity index is 3.16. The van der Waals surface area contributed by atoms with Crippen molar-refractivity contribution in [1.82, 2.24) is 4.72 Å². The number of nitrogens with two attached hydrogens (primary N) is 1. The van der Waals surface area contributed by atoms with Gasteiger partial charge >= 0.3 is 5.97 Å². The molecule has 0 amide bonds. The van der Waals surface area contributed by atoms with Crippen LogP contribution in [-0.4, -0.2) is 34.0 Å². The lowest BCUT2D eigenvalue weighted by Gasteiger charge is -2.16. The van der Waals surface area contributed by atoms with Crippen molar-refractivity contribution in [3.05, 3.63) is 24.3 Å². The molecule has 0 heterocycles. The van der Waals surface area contributed by atoms with E-state index < -0.39 is 32.1 Å². The molecule has 8 nitrogen and oxygen atoms in total. The second-order valence-electron chi connectivity index (χ2n) is 5.16. The highest BCUT2D eigenvalue weighted by Gasteiger charge is 2.26. The SMILES string of the molecule is CC(C)CC(NS(=O)(=O)c1cccc(S(N)(=O)=O)c1)C(=O)O. The van der Waals surface area contributed by atoms with Crippen molar-refractivity contribution in [2.75, 3.05) is 0 Å². The molecule has 0 aliphatic carbocycles. The van der Waals surface area contributed by atoms with Crippen LogP contribution in [0, 0.1) is 5.92 Å². The molecule has 1 aromatic carbocycles. The van der Waals surface area contributed by atoms with E-state index in [4.69, 9.17) is 10.2 Å². The summed E-state index contributed by atoms with van der Waals surface area (Å²) in [5.41, 5.74) is 0. The normalized spacial score (nSPS) is 14.0. The van der Waals surface area contributed by atoms with Crippen LogP contribution in [-0.2, 0) is 24.8 Å². The van der Waals surface area contributed by atoms with Gasteiger partial charge in [0.1, 0.15) is 6.04 Å². The molecule has 0 fully saturated rings. The van der Waals surface area contributed by atoms with Gasteiger partial charge < -0.3 is 5.11 Å². The van der Waals surface area contributed by atoms with Crippen LogP contribution < -0.4 is 9.86 Å². The maximum absolute atomic E-state index is 12.2. The number of nitrogens with one attached hydrogen (secondary N) is 1. The maximum Gasteiger partial charge on any atom is 0.321 e. The number of benzene rings is 1. The molecule has 0 aliphatic rings. The summed E-state index contributed by atoms with van der Waals surface area (Å²) in [6.07, 6.45) is 0.101. The third-order valence-corrected chi connectivity index (χ3v) is 5.13. The molecular formula is C12H18N2O6S2. The third-order valence-electron chi connectivity index (χ3n) is 2.75. The molecule has 4 N–H and O–H groups in total. The van der Waals surface area contributed by atoms with Crippen molar-refractivity contribution < 1.29 is 26.7 Å². The molecule has 0 saturated carbocycles. The number of hydrogen-bond donors (Lipinski definition) is 3. The molecule has 1 atom stereocenters. The Morgan fingerprint density at radius 3 is 2.23 bits per heavy atom. The lowest BCUT2D eigenvalue weighted by atomic mass is 10.1. The highest BCUT2D eigenvalue weighted by molar-refractivity contribution is 7.90. The number of hydrogen-bond acceptors (Lipinski definition) is 5. The van der Waals surface area contributed by atoms with E-state index >= 15 is 0 Å². The third kappa shape index (κ3) is 5.05. The number of rotatable bonds is 7. The van der Waals surface area contributed by atoms with Crippen molar-refractivity contribution in [3.63, 3.8) is 0 Å². The summed E-state index contributed by atoms with van der Waals surface area (Å²) in [5, 5.41) is 14.0. The molecule has 124 valence electrons. The van der Waals surface area contributed by atoms with E-state index in [0.29, 0.717) is 0 Å². The van der Waals surface area contributed by atoms with E-state index in [2.05, 4.69) is 4.72 Å². The quantitative estimate of drug-likeness (QED) is 0.637. The van der Waals surface area contributed by atoms with Crippen LogP contribution in [0.3, 0.4) is 0 Å². The summed E-state index contributed by atoms with van der Waals surface area (Å²) in [7, 11) is -8.24. The van der Waals surface area contributed by atoms with E-state index in [1.165, 1.54) is 6.07 Å². The first-order chi connectivity index (χ1) is 9.93. The predicted molar refractivity (Wildman–Crippen MR) is 79.0 cm³/mol. The summed E-state index contributed by atoms with van der Waals surface area (Å²) < 4.78 is 49.0. The van der Waals surface area contributed by atoms with Gasteiger partial charge in [0, 0.05) is 0 Å². The van der Waals surface area contributed by atoms with Crippen molar-refractivity contribution in [3.8, 4) is 0 Å². The molecule has 0 bridgehead atoms. The molecule has 10 heteroatoms. The van der Waals surface area contributed by atoms with Crippen LogP contribution in [0.15, 0.2) is 34.1 Å². The van der Waals surface area contributed by atoms with Crippen molar-refractivity contribution in [1.29, 1.82) is 0 Å². The van der Waals surface area contributed by atoms with E-state index in [9.17, 15) is 21.6 Å². The Morgan fingerprint density at radius 2 is 1.77 bits per heavy atom. The Labute approximate surface area is 129 Å². The summed E-state index contributed by atoms with van der Waals surface area (Å²) in [4.78, 5) is 10.4. The van der Waals surface area contributed by atoms with Crippen LogP contribution in [0.4, 0.5) is 0 Å². The van der Waals surface area contributed by atoms with Gasteiger partial charge in [0.2, 0.25) is 20.0 Å². The van der Waals surface area contributed by atoms with Crippen LogP contribution in [0.5, 0.6) is 0 Å². The van der Waals surface area contributed by atoms with Gasteiger partial charge in [-0.2, -0.15) is 4.72 Å². The zero-order valence-electron chi connectivity index (χ0n) is 12.1. The fourth-order valence-electron chi connectivity index (χ4n) is 1.74. The number of primary sulfonamides is 1. The Morgan fingerprint density at radius 1 is 1.23 bits per heavy atom. The number of carboxylic acid groups (broad SMARTS) is 1.